The van der Waals surface area contributed by atoms with Crippen LogP contribution in [0.15, 0.2) is 30.3 Å². The number of aromatic nitrogens is 2. The maximum Gasteiger partial charge on any atom is 0.277 e. The second-order valence-corrected chi connectivity index (χ2v) is 9.76. The lowest BCUT2D eigenvalue weighted by molar-refractivity contribution is -0.127. The van der Waals surface area contributed by atoms with Crippen molar-refractivity contribution in [3.05, 3.63) is 46.7 Å². The van der Waals surface area contributed by atoms with Gasteiger partial charge in [-0.05, 0) is 56.0 Å². The molecule has 6 nitrogen and oxygen atoms in total. The SMILES string of the molecule is CC(C)c1cc2n(n1)C[C@@](C)(C(=O)NC1CCCCCC1)N(c1ccc(Cl)cc1)C2=O. The Hall–Kier alpha value is -2.34. The minimum absolute atomic E-state index is 0.130. The quantitative estimate of drug-likeness (QED) is 0.683. The summed E-state index contributed by atoms with van der Waals surface area (Å²) in [4.78, 5) is 29.0. The Morgan fingerprint density at radius 2 is 1.81 bits per heavy atom. The Morgan fingerprint density at radius 1 is 1.16 bits per heavy atom. The number of rotatable bonds is 4. The molecule has 1 aliphatic carbocycles. The van der Waals surface area contributed by atoms with Crippen LogP contribution in [0.2, 0.25) is 5.02 Å². The molecule has 1 fully saturated rings. The van der Waals surface area contributed by atoms with Gasteiger partial charge in [-0.25, -0.2) is 0 Å². The minimum Gasteiger partial charge on any atom is -0.351 e. The second-order valence-electron chi connectivity index (χ2n) is 9.32. The summed E-state index contributed by atoms with van der Waals surface area (Å²) in [5, 5.41) is 8.50. The summed E-state index contributed by atoms with van der Waals surface area (Å²) >= 11 is 6.09. The van der Waals surface area contributed by atoms with Crippen LogP contribution in [-0.2, 0) is 11.3 Å². The van der Waals surface area contributed by atoms with Crippen molar-refractivity contribution in [2.75, 3.05) is 4.90 Å². The van der Waals surface area contributed by atoms with Crippen LogP contribution in [0.5, 0.6) is 0 Å². The van der Waals surface area contributed by atoms with Crippen LogP contribution in [0.25, 0.3) is 0 Å². The van der Waals surface area contributed by atoms with E-state index >= 15 is 0 Å². The lowest BCUT2D eigenvalue weighted by atomic mass is 9.93. The number of nitrogens with zero attached hydrogens (tertiary/aromatic N) is 3. The Bertz CT molecular complexity index is 960. The molecule has 2 amide bonds. The van der Waals surface area contributed by atoms with E-state index in [1.54, 1.807) is 33.8 Å². The second kappa shape index (κ2) is 8.65. The number of carbonyl (C=O) groups excluding carboxylic acids is 2. The number of hydrogen-bond donors (Lipinski definition) is 1. The van der Waals surface area contributed by atoms with Gasteiger partial charge in [0.2, 0.25) is 5.91 Å². The topological polar surface area (TPSA) is 67.2 Å². The number of nitrogens with one attached hydrogen (secondary N) is 1. The fourth-order valence-electron chi connectivity index (χ4n) is 4.64. The molecule has 1 saturated carbocycles. The van der Waals surface area contributed by atoms with Gasteiger partial charge in [0.15, 0.2) is 0 Å². The molecule has 0 radical (unpaired) electrons. The molecule has 1 aromatic carbocycles. The number of benzene rings is 1. The highest BCUT2D eigenvalue weighted by Gasteiger charge is 2.49. The van der Waals surface area contributed by atoms with E-state index < -0.39 is 5.54 Å². The fraction of sp³-hybridized carbons (Fsp3) is 0.542. The molecule has 31 heavy (non-hydrogen) atoms. The summed E-state index contributed by atoms with van der Waals surface area (Å²) in [5.74, 6) is -0.151. The Balaban J connectivity index is 1.73. The van der Waals surface area contributed by atoms with Crippen molar-refractivity contribution < 1.29 is 9.59 Å². The summed E-state index contributed by atoms with van der Waals surface area (Å²) in [6, 6.07) is 9.09. The van der Waals surface area contributed by atoms with E-state index in [2.05, 4.69) is 10.4 Å². The number of carbonyl (C=O) groups is 2. The monoisotopic (exact) mass is 442 g/mol. The van der Waals surface area contributed by atoms with Gasteiger partial charge >= 0.3 is 0 Å². The molecular formula is C24H31ClN4O2. The van der Waals surface area contributed by atoms with Gasteiger partial charge in [0.1, 0.15) is 11.2 Å². The van der Waals surface area contributed by atoms with E-state index in [1.807, 2.05) is 26.8 Å². The largest absolute Gasteiger partial charge is 0.351 e. The molecule has 1 atom stereocenters. The number of halogens is 1. The maximum absolute atomic E-state index is 13.7. The third kappa shape index (κ3) is 4.22. The first-order valence-electron chi connectivity index (χ1n) is 11.3. The molecule has 2 heterocycles. The van der Waals surface area contributed by atoms with Gasteiger partial charge in [-0.2, -0.15) is 5.10 Å². The third-order valence-corrected chi connectivity index (χ3v) is 6.78. The molecule has 2 aromatic rings. The van der Waals surface area contributed by atoms with E-state index in [9.17, 15) is 9.59 Å². The predicted molar refractivity (Wildman–Crippen MR) is 123 cm³/mol. The van der Waals surface area contributed by atoms with E-state index in [0.29, 0.717) is 22.9 Å². The van der Waals surface area contributed by atoms with Crippen LogP contribution in [0.3, 0.4) is 0 Å². The number of anilines is 1. The Morgan fingerprint density at radius 3 is 2.42 bits per heavy atom. The van der Waals surface area contributed by atoms with Crippen molar-refractivity contribution in [2.24, 2.45) is 0 Å². The molecular weight excluding hydrogens is 412 g/mol. The molecule has 0 bridgehead atoms. The zero-order valence-electron chi connectivity index (χ0n) is 18.5. The van der Waals surface area contributed by atoms with E-state index in [1.165, 1.54) is 12.8 Å². The average molecular weight is 443 g/mol. The number of hydrogen-bond acceptors (Lipinski definition) is 3. The van der Waals surface area contributed by atoms with Crippen LogP contribution in [0.4, 0.5) is 5.69 Å². The summed E-state index contributed by atoms with van der Waals surface area (Å²) in [5.41, 5.74) is 0.933. The van der Waals surface area contributed by atoms with Gasteiger partial charge in [-0.3, -0.25) is 19.2 Å². The van der Waals surface area contributed by atoms with Gasteiger partial charge in [-0.1, -0.05) is 51.1 Å². The highest BCUT2D eigenvalue weighted by molar-refractivity contribution is 6.30. The first-order valence-corrected chi connectivity index (χ1v) is 11.7. The molecule has 4 rings (SSSR count). The van der Waals surface area contributed by atoms with Crippen LogP contribution >= 0.6 is 11.6 Å². The minimum atomic E-state index is -1.09. The first kappa shape index (κ1) is 21.9. The van der Waals surface area contributed by atoms with Gasteiger partial charge in [-0.15, -0.1) is 0 Å². The van der Waals surface area contributed by atoms with Gasteiger partial charge < -0.3 is 5.32 Å². The van der Waals surface area contributed by atoms with Crippen LogP contribution in [-0.4, -0.2) is 33.2 Å². The van der Waals surface area contributed by atoms with Crippen molar-refractivity contribution in [3.63, 3.8) is 0 Å². The summed E-state index contributed by atoms with van der Waals surface area (Å²) < 4.78 is 1.71. The highest BCUT2D eigenvalue weighted by atomic mass is 35.5. The third-order valence-electron chi connectivity index (χ3n) is 6.53. The molecule has 1 aromatic heterocycles. The lowest BCUT2D eigenvalue weighted by Crippen LogP contribution is -2.65. The number of fused-ring (bicyclic) bond motifs is 1. The van der Waals surface area contributed by atoms with Crippen LogP contribution in [0, 0.1) is 0 Å². The van der Waals surface area contributed by atoms with E-state index in [-0.39, 0.29) is 23.8 Å². The van der Waals surface area contributed by atoms with Crippen molar-refractivity contribution in [1.82, 2.24) is 15.1 Å². The van der Waals surface area contributed by atoms with Crippen LogP contribution in [0.1, 0.15) is 81.4 Å². The molecule has 0 saturated heterocycles. The smallest absolute Gasteiger partial charge is 0.277 e. The predicted octanol–water partition coefficient (Wildman–Crippen LogP) is 4.92. The Labute approximate surface area is 188 Å². The van der Waals surface area contributed by atoms with Gasteiger partial charge in [0, 0.05) is 16.8 Å². The summed E-state index contributed by atoms with van der Waals surface area (Å²) in [6.07, 6.45) is 6.66. The zero-order valence-corrected chi connectivity index (χ0v) is 19.3. The zero-order chi connectivity index (χ0) is 22.2. The Kier molecular flexibility index (Phi) is 6.11. The molecule has 1 N–H and O–H groups in total. The molecule has 1 aliphatic heterocycles. The first-order chi connectivity index (χ1) is 14.8. The van der Waals surface area contributed by atoms with Crippen LogP contribution < -0.4 is 10.2 Å². The summed E-state index contributed by atoms with van der Waals surface area (Å²) in [6.45, 7) is 6.24. The molecule has 0 unspecified atom stereocenters. The van der Waals surface area contributed by atoms with Crippen molar-refractivity contribution in [1.29, 1.82) is 0 Å². The summed E-state index contributed by atoms with van der Waals surface area (Å²) in [7, 11) is 0. The molecule has 7 heteroatoms. The standard InChI is InChI=1S/C24H31ClN4O2/c1-16(2)20-14-21-22(30)29(19-12-10-17(25)11-13-19)24(3,15-28(21)27-20)23(31)26-18-8-6-4-5-7-9-18/h10-14,16,18H,4-9,15H2,1-3H3,(H,26,31)/t24-/m0/s1. The van der Waals surface area contributed by atoms with Crippen molar-refractivity contribution in [2.45, 2.75) is 83.3 Å². The number of amides is 2. The fourth-order valence-corrected chi connectivity index (χ4v) is 4.77. The van der Waals surface area contributed by atoms with E-state index in [4.69, 9.17) is 11.6 Å². The molecule has 0 spiro atoms. The highest BCUT2D eigenvalue weighted by Crippen LogP contribution is 2.34. The molecule has 2 aliphatic rings. The molecule has 166 valence electrons. The maximum atomic E-state index is 13.7. The van der Waals surface area contributed by atoms with Gasteiger partial charge in [0.05, 0.1) is 12.2 Å². The average Bonchev–Trinajstić information content (AvgIpc) is 2.99. The van der Waals surface area contributed by atoms with E-state index in [0.717, 1.165) is 31.4 Å². The normalized spacial score (nSPS) is 22.4. The van der Waals surface area contributed by atoms with Crippen molar-refractivity contribution >= 4 is 29.1 Å². The van der Waals surface area contributed by atoms with Crippen molar-refractivity contribution in [3.8, 4) is 0 Å². The van der Waals surface area contributed by atoms with Gasteiger partial charge in [0.25, 0.3) is 5.91 Å². The lowest BCUT2D eigenvalue weighted by Gasteiger charge is -2.43.